The fourth-order valence-electron chi connectivity index (χ4n) is 2.21. The second kappa shape index (κ2) is 3.62. The van der Waals surface area contributed by atoms with Gasteiger partial charge in [-0.1, -0.05) is 24.3 Å². The Hall–Kier alpha value is -0.860. The van der Waals surface area contributed by atoms with E-state index in [0.717, 1.165) is 6.42 Å². The summed E-state index contributed by atoms with van der Waals surface area (Å²) in [6.07, 6.45) is 0.478. The molecule has 0 saturated heterocycles. The van der Waals surface area contributed by atoms with E-state index in [9.17, 15) is 5.11 Å². The van der Waals surface area contributed by atoms with Crippen LogP contribution in [0, 0.1) is 0 Å². The number of benzene rings is 1. The molecule has 2 rings (SSSR count). The minimum Gasteiger partial charge on any atom is -0.391 e. The Kier molecular flexibility index (Phi) is 2.57. The van der Waals surface area contributed by atoms with Gasteiger partial charge in [-0.15, -0.1) is 0 Å². The summed E-state index contributed by atoms with van der Waals surface area (Å²) in [5, 5.41) is 13.5. The van der Waals surface area contributed by atoms with E-state index in [1.165, 1.54) is 11.1 Å². The molecule has 0 fully saturated rings. The van der Waals surface area contributed by atoms with E-state index in [2.05, 4.69) is 38.2 Å². The number of fused-ring (bicyclic) bond motifs is 1. The number of aliphatic hydroxyl groups excluding tert-OH is 1. The number of hydrogen-bond acceptors (Lipinski definition) is 2. The number of hydrogen-bond donors (Lipinski definition) is 2. The summed E-state index contributed by atoms with van der Waals surface area (Å²) < 4.78 is 0. The second-order valence-corrected chi connectivity index (χ2v) is 5.34. The first-order valence-electron chi connectivity index (χ1n) is 5.51. The van der Waals surface area contributed by atoms with Crippen LogP contribution in [0.15, 0.2) is 24.3 Å². The van der Waals surface area contributed by atoms with E-state index in [1.807, 2.05) is 12.1 Å². The van der Waals surface area contributed by atoms with Crippen LogP contribution in [0.1, 0.15) is 37.9 Å². The molecule has 0 heterocycles. The van der Waals surface area contributed by atoms with Gasteiger partial charge in [0.05, 0.1) is 12.1 Å². The molecule has 1 aliphatic carbocycles. The average Bonchev–Trinajstić information content (AvgIpc) is 2.41. The minimum absolute atomic E-state index is 0.0309. The van der Waals surface area contributed by atoms with E-state index in [1.54, 1.807) is 0 Å². The van der Waals surface area contributed by atoms with Crippen LogP contribution in [0.4, 0.5) is 0 Å². The maximum atomic E-state index is 10.0. The first-order chi connectivity index (χ1) is 6.97. The molecule has 0 amide bonds. The van der Waals surface area contributed by atoms with E-state index in [-0.39, 0.29) is 17.7 Å². The Balaban J connectivity index is 2.26. The third-order valence-electron chi connectivity index (χ3n) is 2.79. The van der Waals surface area contributed by atoms with Crippen LogP contribution in [0.2, 0.25) is 0 Å². The Morgan fingerprint density at radius 2 is 1.93 bits per heavy atom. The summed E-state index contributed by atoms with van der Waals surface area (Å²) in [5.74, 6) is 0. The normalized spacial score (nSPS) is 25.3. The Bertz CT molecular complexity index is 354. The topological polar surface area (TPSA) is 32.3 Å². The molecule has 1 aliphatic rings. The van der Waals surface area contributed by atoms with E-state index in [0.29, 0.717) is 0 Å². The van der Waals surface area contributed by atoms with Gasteiger partial charge < -0.3 is 10.4 Å². The smallest absolute Gasteiger partial charge is 0.0775 e. The van der Waals surface area contributed by atoms with E-state index in [4.69, 9.17) is 0 Å². The highest BCUT2D eigenvalue weighted by Crippen LogP contribution is 2.32. The Labute approximate surface area is 91.3 Å². The predicted molar refractivity (Wildman–Crippen MR) is 61.8 cm³/mol. The van der Waals surface area contributed by atoms with Crippen LogP contribution in [0.5, 0.6) is 0 Å². The third-order valence-corrected chi connectivity index (χ3v) is 2.79. The predicted octanol–water partition coefficient (Wildman–Crippen LogP) is 2.03. The first-order valence-corrected chi connectivity index (χ1v) is 5.51. The van der Waals surface area contributed by atoms with Gasteiger partial charge >= 0.3 is 0 Å². The number of rotatable bonds is 1. The van der Waals surface area contributed by atoms with Crippen LogP contribution in [0.3, 0.4) is 0 Å². The molecule has 1 aromatic carbocycles. The molecule has 0 bridgehead atoms. The molecule has 0 aliphatic heterocycles. The highest BCUT2D eigenvalue weighted by atomic mass is 16.3. The second-order valence-electron chi connectivity index (χ2n) is 5.34. The van der Waals surface area contributed by atoms with Crippen molar-refractivity contribution in [1.82, 2.24) is 5.32 Å². The largest absolute Gasteiger partial charge is 0.391 e. The molecule has 15 heavy (non-hydrogen) atoms. The zero-order valence-electron chi connectivity index (χ0n) is 9.62. The SMILES string of the molecule is CC(C)(C)N[C@H]1c2ccccc2C[C@@H]1O. The van der Waals surface area contributed by atoms with Crippen molar-refractivity contribution in [3.8, 4) is 0 Å². The van der Waals surface area contributed by atoms with E-state index >= 15 is 0 Å². The number of nitrogens with one attached hydrogen (secondary N) is 1. The van der Waals surface area contributed by atoms with Crippen LogP contribution >= 0.6 is 0 Å². The summed E-state index contributed by atoms with van der Waals surface area (Å²) in [5.41, 5.74) is 2.55. The summed E-state index contributed by atoms with van der Waals surface area (Å²) in [7, 11) is 0. The zero-order chi connectivity index (χ0) is 11.1. The lowest BCUT2D eigenvalue weighted by Gasteiger charge is -2.28. The standard InChI is InChI=1S/C13H19NO/c1-13(2,3)14-12-10-7-5-4-6-9(10)8-11(12)15/h4-7,11-12,14-15H,8H2,1-3H3/t11-,12-/m0/s1. The van der Waals surface area contributed by atoms with Crippen molar-refractivity contribution in [1.29, 1.82) is 0 Å². The molecule has 2 nitrogen and oxygen atoms in total. The molecule has 0 saturated carbocycles. The quantitative estimate of drug-likeness (QED) is 0.735. The van der Waals surface area contributed by atoms with Crippen molar-refractivity contribution in [2.45, 2.75) is 44.9 Å². The summed E-state index contributed by atoms with van der Waals surface area (Å²) in [6.45, 7) is 6.38. The van der Waals surface area contributed by atoms with Crippen molar-refractivity contribution in [3.05, 3.63) is 35.4 Å². The Morgan fingerprint density at radius 1 is 1.27 bits per heavy atom. The summed E-state index contributed by atoms with van der Waals surface area (Å²) in [6, 6.07) is 8.36. The Morgan fingerprint density at radius 3 is 2.60 bits per heavy atom. The van der Waals surface area contributed by atoms with Gasteiger partial charge in [0.2, 0.25) is 0 Å². The van der Waals surface area contributed by atoms with Gasteiger partial charge in [0.1, 0.15) is 0 Å². The van der Waals surface area contributed by atoms with Gasteiger partial charge in [-0.25, -0.2) is 0 Å². The lowest BCUT2D eigenvalue weighted by Crippen LogP contribution is -2.42. The van der Waals surface area contributed by atoms with Crippen molar-refractivity contribution >= 4 is 0 Å². The van der Waals surface area contributed by atoms with Gasteiger partial charge in [0, 0.05) is 12.0 Å². The summed E-state index contributed by atoms with van der Waals surface area (Å²) >= 11 is 0. The van der Waals surface area contributed by atoms with Crippen LogP contribution in [0.25, 0.3) is 0 Å². The van der Waals surface area contributed by atoms with Gasteiger partial charge in [-0.2, -0.15) is 0 Å². The van der Waals surface area contributed by atoms with Gasteiger partial charge in [-0.05, 0) is 31.9 Å². The molecule has 0 spiro atoms. The molecule has 0 aromatic heterocycles. The van der Waals surface area contributed by atoms with Crippen molar-refractivity contribution < 1.29 is 5.11 Å². The van der Waals surface area contributed by atoms with Crippen molar-refractivity contribution in [2.24, 2.45) is 0 Å². The highest BCUT2D eigenvalue weighted by molar-refractivity contribution is 5.36. The molecule has 2 N–H and O–H groups in total. The van der Waals surface area contributed by atoms with Gasteiger partial charge in [0.25, 0.3) is 0 Å². The molecule has 1 aromatic rings. The van der Waals surface area contributed by atoms with Crippen LogP contribution < -0.4 is 5.32 Å². The summed E-state index contributed by atoms with van der Waals surface area (Å²) in [4.78, 5) is 0. The molecule has 2 heteroatoms. The molecule has 0 radical (unpaired) electrons. The van der Waals surface area contributed by atoms with Crippen LogP contribution in [-0.4, -0.2) is 16.7 Å². The fraction of sp³-hybridized carbons (Fsp3) is 0.538. The zero-order valence-corrected chi connectivity index (χ0v) is 9.62. The van der Waals surface area contributed by atoms with E-state index < -0.39 is 0 Å². The van der Waals surface area contributed by atoms with Crippen LogP contribution in [-0.2, 0) is 6.42 Å². The fourth-order valence-corrected chi connectivity index (χ4v) is 2.21. The lowest BCUT2D eigenvalue weighted by atomic mass is 10.0. The minimum atomic E-state index is -0.290. The van der Waals surface area contributed by atoms with Gasteiger partial charge in [-0.3, -0.25) is 0 Å². The first kappa shape index (κ1) is 10.7. The third kappa shape index (κ3) is 2.21. The molecule has 82 valence electrons. The van der Waals surface area contributed by atoms with Crippen molar-refractivity contribution in [3.63, 3.8) is 0 Å². The molecule has 0 unspecified atom stereocenters. The van der Waals surface area contributed by atoms with Crippen molar-refractivity contribution in [2.75, 3.05) is 0 Å². The lowest BCUT2D eigenvalue weighted by molar-refractivity contribution is 0.126. The monoisotopic (exact) mass is 205 g/mol. The van der Waals surface area contributed by atoms with Gasteiger partial charge in [0.15, 0.2) is 0 Å². The average molecular weight is 205 g/mol. The highest BCUT2D eigenvalue weighted by Gasteiger charge is 2.32. The molecular formula is C13H19NO. The maximum Gasteiger partial charge on any atom is 0.0775 e. The molecular weight excluding hydrogens is 186 g/mol. The maximum absolute atomic E-state index is 10.0. The molecule has 2 atom stereocenters. The number of aliphatic hydroxyl groups is 1.